The second kappa shape index (κ2) is 13.5. The second-order valence-electron chi connectivity index (χ2n) is 10.1. The summed E-state index contributed by atoms with van der Waals surface area (Å²) in [5.74, 6) is -0.925. The highest BCUT2D eigenvalue weighted by atomic mass is 79.9. The Morgan fingerprint density at radius 3 is 2.64 bits per heavy atom. The quantitative estimate of drug-likeness (QED) is 0.274. The number of ether oxygens (including phenoxy) is 1. The summed E-state index contributed by atoms with van der Waals surface area (Å²) >= 11 is 3.53. The van der Waals surface area contributed by atoms with Crippen LogP contribution in [0.5, 0.6) is 0 Å². The third-order valence-electron chi connectivity index (χ3n) is 5.84. The van der Waals surface area contributed by atoms with Gasteiger partial charge in [-0.15, -0.1) is 0 Å². The molecule has 3 rings (SSSR count). The predicted octanol–water partition coefficient (Wildman–Crippen LogP) is 2.41. The van der Waals surface area contributed by atoms with Gasteiger partial charge in [0.25, 0.3) is 5.91 Å². The molecular weight excluding hydrogens is 568 g/mol. The highest BCUT2D eigenvalue weighted by molar-refractivity contribution is 9.10. The molecule has 1 aromatic carbocycles. The summed E-state index contributed by atoms with van der Waals surface area (Å²) in [6.07, 6.45) is 2.32. The molecule has 2 heterocycles. The lowest BCUT2D eigenvalue weighted by Crippen LogP contribution is -2.42. The van der Waals surface area contributed by atoms with E-state index < -0.39 is 29.9 Å². The maximum atomic E-state index is 12.9. The van der Waals surface area contributed by atoms with Crippen LogP contribution in [0.25, 0.3) is 0 Å². The largest absolute Gasteiger partial charge is 0.466 e. The fraction of sp³-hybridized carbons (Fsp3) is 0.444. The lowest BCUT2D eigenvalue weighted by Gasteiger charge is -2.24. The van der Waals surface area contributed by atoms with Crippen molar-refractivity contribution < 1.29 is 24.2 Å². The molecule has 210 valence electrons. The van der Waals surface area contributed by atoms with Crippen LogP contribution in [0.4, 0.5) is 5.69 Å². The molecule has 1 aromatic heterocycles. The number of carbonyl (C=O) groups excluding carboxylic acids is 3. The van der Waals surface area contributed by atoms with Crippen LogP contribution in [0.15, 0.2) is 46.1 Å². The highest BCUT2D eigenvalue weighted by Crippen LogP contribution is 2.30. The summed E-state index contributed by atoms with van der Waals surface area (Å²) in [7, 11) is 0. The van der Waals surface area contributed by atoms with Gasteiger partial charge < -0.3 is 31.1 Å². The van der Waals surface area contributed by atoms with Crippen molar-refractivity contribution in [3.8, 4) is 0 Å². The molecule has 1 aliphatic heterocycles. The van der Waals surface area contributed by atoms with E-state index >= 15 is 0 Å². The van der Waals surface area contributed by atoms with Gasteiger partial charge >= 0.3 is 5.97 Å². The number of nitrogens with zero attached hydrogens (tertiary/aromatic N) is 2. The first kappa shape index (κ1) is 30.0. The van der Waals surface area contributed by atoms with Crippen LogP contribution in [-0.4, -0.2) is 66.2 Å². The van der Waals surface area contributed by atoms with Gasteiger partial charge in [-0.05, 0) is 41.7 Å². The summed E-state index contributed by atoms with van der Waals surface area (Å²) in [6.45, 7) is 8.52. The van der Waals surface area contributed by atoms with Crippen LogP contribution >= 0.6 is 15.9 Å². The summed E-state index contributed by atoms with van der Waals surface area (Å²) in [4.78, 5) is 46.2. The number of guanidine groups is 1. The van der Waals surface area contributed by atoms with Crippen molar-refractivity contribution in [1.29, 1.82) is 0 Å². The Morgan fingerprint density at radius 2 is 1.97 bits per heavy atom. The molecule has 0 aliphatic carbocycles. The highest BCUT2D eigenvalue weighted by Gasteiger charge is 2.23. The third-order valence-corrected chi connectivity index (χ3v) is 6.30. The van der Waals surface area contributed by atoms with E-state index in [1.165, 1.54) is 12.4 Å². The van der Waals surface area contributed by atoms with Crippen LogP contribution in [0.2, 0.25) is 0 Å². The minimum Gasteiger partial charge on any atom is -0.466 e. The van der Waals surface area contributed by atoms with E-state index in [2.05, 4.69) is 67.9 Å². The Hall–Kier alpha value is -3.51. The van der Waals surface area contributed by atoms with Crippen molar-refractivity contribution in [3.05, 3.63) is 57.8 Å². The standard InChI is InChI=1S/C27H35BrN6O5/c1-5-39-24(37)10-22(16-6-18(27(2,3)4)9-19(28)7-16)34-23(36)15-30-25(38)17-8-20(12-29-11-17)33-26-31-13-21(35)14-32-26/h6-9,11-12,21-22,35H,5,10,13-15H2,1-4H3,(H,30,38)(H,34,36)(H2,31,32,33)/t22-/m0/s1. The SMILES string of the molecule is CCOC(=O)C[C@H](NC(=O)CNC(=O)c1cncc(NC2=NCC(O)CN2)c1)c1cc(Br)cc(C(C)(C)C)c1. The summed E-state index contributed by atoms with van der Waals surface area (Å²) in [5.41, 5.74) is 2.40. The molecule has 0 saturated carbocycles. The van der Waals surface area contributed by atoms with Gasteiger partial charge in [-0.2, -0.15) is 0 Å². The Bertz CT molecular complexity index is 1230. The molecule has 5 N–H and O–H groups in total. The number of aliphatic hydroxyl groups is 1. The van der Waals surface area contributed by atoms with Crippen molar-refractivity contribution in [3.63, 3.8) is 0 Å². The molecule has 2 atom stereocenters. The Kier molecular flexibility index (Phi) is 10.4. The number of carbonyl (C=O) groups is 3. The molecule has 1 aliphatic rings. The first-order valence-electron chi connectivity index (χ1n) is 12.7. The van der Waals surface area contributed by atoms with E-state index in [9.17, 15) is 19.5 Å². The minimum atomic E-state index is -0.650. The number of benzene rings is 1. The first-order valence-corrected chi connectivity index (χ1v) is 13.5. The maximum absolute atomic E-state index is 12.9. The molecule has 0 saturated heterocycles. The average Bonchev–Trinajstić information content (AvgIpc) is 2.87. The molecule has 0 fully saturated rings. The zero-order valence-electron chi connectivity index (χ0n) is 22.5. The number of aromatic nitrogens is 1. The molecule has 1 unspecified atom stereocenters. The summed E-state index contributed by atoms with van der Waals surface area (Å²) in [5, 5.41) is 20.9. The number of rotatable bonds is 9. The van der Waals surface area contributed by atoms with E-state index in [0.29, 0.717) is 18.2 Å². The number of esters is 1. The number of aliphatic hydroxyl groups excluding tert-OH is 1. The number of hydrogen-bond donors (Lipinski definition) is 5. The molecule has 0 radical (unpaired) electrons. The van der Waals surface area contributed by atoms with Gasteiger partial charge in [0.2, 0.25) is 5.91 Å². The van der Waals surface area contributed by atoms with Crippen LogP contribution in [0.3, 0.4) is 0 Å². The zero-order chi connectivity index (χ0) is 28.6. The van der Waals surface area contributed by atoms with Gasteiger partial charge in [-0.25, -0.2) is 0 Å². The molecule has 0 spiro atoms. The van der Waals surface area contributed by atoms with Crippen molar-refractivity contribution in [1.82, 2.24) is 20.9 Å². The van der Waals surface area contributed by atoms with E-state index in [1.54, 1.807) is 13.0 Å². The predicted molar refractivity (Wildman–Crippen MR) is 151 cm³/mol. The van der Waals surface area contributed by atoms with E-state index in [0.717, 1.165) is 15.6 Å². The average molecular weight is 604 g/mol. The topological polar surface area (TPSA) is 154 Å². The number of halogens is 1. The summed E-state index contributed by atoms with van der Waals surface area (Å²) in [6, 6.07) is 6.75. The monoisotopic (exact) mass is 602 g/mol. The van der Waals surface area contributed by atoms with Crippen molar-refractivity contribution in [2.24, 2.45) is 4.99 Å². The van der Waals surface area contributed by atoms with Gasteiger partial charge in [0.05, 0.1) is 55.7 Å². The maximum Gasteiger partial charge on any atom is 0.308 e. The molecule has 11 nitrogen and oxygen atoms in total. The lowest BCUT2D eigenvalue weighted by molar-refractivity contribution is -0.143. The number of amides is 2. The van der Waals surface area contributed by atoms with Gasteiger partial charge in [0.15, 0.2) is 5.96 Å². The number of anilines is 1. The normalized spacial score (nSPS) is 15.8. The first-order chi connectivity index (χ1) is 18.4. The Morgan fingerprint density at radius 1 is 1.21 bits per heavy atom. The minimum absolute atomic E-state index is 0.0554. The molecule has 2 aromatic rings. The van der Waals surface area contributed by atoms with Crippen molar-refractivity contribution in [2.45, 2.75) is 51.7 Å². The second-order valence-corrected chi connectivity index (χ2v) is 11.1. The molecule has 39 heavy (non-hydrogen) atoms. The van der Waals surface area contributed by atoms with E-state index in [4.69, 9.17) is 4.74 Å². The fourth-order valence-electron chi connectivity index (χ4n) is 3.78. The number of aliphatic imine (C=N–C) groups is 1. The van der Waals surface area contributed by atoms with Gasteiger partial charge in [0, 0.05) is 17.2 Å². The zero-order valence-corrected chi connectivity index (χ0v) is 24.1. The van der Waals surface area contributed by atoms with E-state index in [1.807, 2.05) is 18.2 Å². The number of nitrogens with one attached hydrogen (secondary N) is 4. The van der Waals surface area contributed by atoms with Gasteiger partial charge in [-0.3, -0.25) is 24.4 Å². The van der Waals surface area contributed by atoms with Crippen LogP contribution in [-0.2, 0) is 19.7 Å². The van der Waals surface area contributed by atoms with E-state index in [-0.39, 0.29) is 37.1 Å². The number of pyridine rings is 1. The molecular formula is C27H35BrN6O5. The smallest absolute Gasteiger partial charge is 0.308 e. The summed E-state index contributed by atoms with van der Waals surface area (Å²) < 4.78 is 5.95. The van der Waals surface area contributed by atoms with Crippen LogP contribution < -0.4 is 21.3 Å². The molecule has 12 heteroatoms. The molecule has 2 amide bonds. The number of β-amino-alcohol motifs (C(OH)–C–C–N with tert-alkyl or cyclic N) is 1. The Labute approximate surface area is 236 Å². The van der Waals surface area contributed by atoms with Crippen LogP contribution in [0.1, 0.15) is 61.6 Å². The van der Waals surface area contributed by atoms with Gasteiger partial charge in [0.1, 0.15) is 0 Å². The fourth-order valence-corrected chi connectivity index (χ4v) is 4.29. The van der Waals surface area contributed by atoms with Crippen molar-refractivity contribution >= 4 is 45.4 Å². The Balaban J connectivity index is 1.66. The van der Waals surface area contributed by atoms with Crippen LogP contribution in [0, 0.1) is 0 Å². The van der Waals surface area contributed by atoms with Crippen molar-refractivity contribution in [2.75, 3.05) is 31.6 Å². The molecule has 0 bridgehead atoms. The number of hydrogen-bond acceptors (Lipinski definition) is 9. The van der Waals surface area contributed by atoms with Gasteiger partial charge in [-0.1, -0.05) is 42.8 Å². The third kappa shape index (κ3) is 9.32. The lowest BCUT2D eigenvalue weighted by atomic mass is 9.85.